The molecule has 3 heterocycles. The summed E-state index contributed by atoms with van der Waals surface area (Å²) < 4.78 is 10.8. The molecule has 1 aliphatic heterocycles. The number of anilines is 1. The zero-order chi connectivity index (χ0) is 23.9. The summed E-state index contributed by atoms with van der Waals surface area (Å²) in [4.78, 5) is 24.6. The lowest BCUT2D eigenvalue weighted by Crippen LogP contribution is -2.45. The van der Waals surface area contributed by atoms with E-state index in [1.54, 1.807) is 50.9 Å². The quantitative estimate of drug-likeness (QED) is 0.530. The minimum atomic E-state index is -0.817. The fourth-order valence-corrected chi connectivity index (χ4v) is 4.14. The number of carbonyl (C=O) groups is 1. The van der Waals surface area contributed by atoms with Crippen molar-refractivity contribution in [3.63, 3.8) is 0 Å². The molecule has 1 fully saturated rings. The number of nitrogens with two attached hydrogens (primary N) is 1. The van der Waals surface area contributed by atoms with E-state index in [1.807, 2.05) is 41.3 Å². The number of rotatable bonds is 8. The molecule has 1 aromatic carbocycles. The normalized spacial score (nSPS) is 16.7. The molecule has 2 aromatic heterocycles. The third kappa shape index (κ3) is 5.28. The molecule has 0 bridgehead atoms. The topological polar surface area (TPSA) is 103 Å². The highest BCUT2D eigenvalue weighted by Crippen LogP contribution is 2.33. The number of pyridine rings is 2. The van der Waals surface area contributed by atoms with Gasteiger partial charge in [-0.3, -0.25) is 14.8 Å². The molecular weight excluding hydrogens is 430 g/mol. The van der Waals surface area contributed by atoms with Crippen LogP contribution in [-0.2, 0) is 4.79 Å². The molecule has 2 atom stereocenters. The van der Waals surface area contributed by atoms with E-state index in [9.17, 15) is 4.79 Å². The number of nitrogens with zero attached hydrogens (tertiary/aromatic N) is 3. The first-order chi connectivity index (χ1) is 16.6. The van der Waals surface area contributed by atoms with Crippen molar-refractivity contribution in [1.82, 2.24) is 14.9 Å². The number of nitrogens with one attached hydrogen (secondary N) is 1. The van der Waals surface area contributed by atoms with Gasteiger partial charge in [-0.05, 0) is 43.2 Å². The van der Waals surface area contributed by atoms with Crippen LogP contribution in [0.15, 0.2) is 72.7 Å². The number of ether oxygens (including phenoxy) is 2. The number of hydrogen-bond donors (Lipinski definition) is 2. The smallest absolute Gasteiger partial charge is 0.251 e. The second-order valence-electron chi connectivity index (χ2n) is 8.02. The van der Waals surface area contributed by atoms with E-state index in [0.717, 1.165) is 18.5 Å². The maximum Gasteiger partial charge on any atom is 0.251 e. The first kappa shape index (κ1) is 23.1. The Hall–Kier alpha value is -4.07. The van der Waals surface area contributed by atoms with Crippen LogP contribution in [0.25, 0.3) is 6.08 Å². The van der Waals surface area contributed by atoms with Gasteiger partial charge >= 0.3 is 0 Å². The molecular formula is C26H29N5O3. The summed E-state index contributed by atoms with van der Waals surface area (Å²) in [5.41, 5.74) is 9.09. The SMILES string of the molecule is COc1cc(NC(C(=O)N2CCCC2c2ccccn2)C(N)=Cc2ccccn2)cc(OC)c1. The number of methoxy groups -OCH3 is 2. The van der Waals surface area contributed by atoms with Crippen LogP contribution in [0.4, 0.5) is 5.69 Å². The van der Waals surface area contributed by atoms with E-state index in [4.69, 9.17) is 15.2 Å². The molecule has 1 saturated heterocycles. The maximum atomic E-state index is 13.9. The van der Waals surface area contributed by atoms with Crippen molar-refractivity contribution in [1.29, 1.82) is 0 Å². The molecule has 3 N–H and O–H groups in total. The van der Waals surface area contributed by atoms with Gasteiger partial charge in [-0.1, -0.05) is 12.1 Å². The zero-order valence-corrected chi connectivity index (χ0v) is 19.3. The van der Waals surface area contributed by atoms with Crippen LogP contribution in [-0.4, -0.2) is 47.6 Å². The Balaban J connectivity index is 1.69. The number of hydrogen-bond acceptors (Lipinski definition) is 7. The fourth-order valence-electron chi connectivity index (χ4n) is 4.14. The van der Waals surface area contributed by atoms with E-state index >= 15 is 0 Å². The minimum absolute atomic E-state index is 0.0968. The highest BCUT2D eigenvalue weighted by atomic mass is 16.5. The highest BCUT2D eigenvalue weighted by molar-refractivity contribution is 5.89. The van der Waals surface area contributed by atoms with Gasteiger partial charge in [-0.25, -0.2) is 0 Å². The standard InChI is InChI=1S/C26H29N5O3/c1-33-20-14-19(15-21(17-20)34-2)30-25(22(27)16-18-8-3-5-11-28-18)26(32)31-13-7-10-24(31)23-9-4-6-12-29-23/h3-6,8-9,11-12,14-17,24-25,30H,7,10,13,27H2,1-2H3. The first-order valence-electron chi connectivity index (χ1n) is 11.2. The van der Waals surface area contributed by atoms with Gasteiger partial charge in [-0.15, -0.1) is 0 Å². The molecule has 0 aliphatic carbocycles. The molecule has 1 aliphatic rings. The van der Waals surface area contributed by atoms with Crippen molar-refractivity contribution >= 4 is 17.7 Å². The van der Waals surface area contributed by atoms with Gasteiger partial charge in [0.2, 0.25) is 0 Å². The van der Waals surface area contributed by atoms with Crippen LogP contribution in [0.3, 0.4) is 0 Å². The van der Waals surface area contributed by atoms with E-state index in [2.05, 4.69) is 15.3 Å². The molecule has 0 radical (unpaired) electrons. The maximum absolute atomic E-state index is 13.9. The summed E-state index contributed by atoms with van der Waals surface area (Å²) in [7, 11) is 3.16. The van der Waals surface area contributed by atoms with Gasteiger partial charge < -0.3 is 25.4 Å². The second kappa shape index (κ2) is 10.7. The van der Waals surface area contributed by atoms with Gasteiger partial charge in [0, 0.05) is 48.5 Å². The molecule has 0 spiro atoms. The largest absolute Gasteiger partial charge is 0.497 e. The van der Waals surface area contributed by atoms with Crippen molar-refractivity contribution in [3.8, 4) is 11.5 Å². The average molecular weight is 460 g/mol. The lowest BCUT2D eigenvalue weighted by atomic mass is 10.1. The van der Waals surface area contributed by atoms with Crippen LogP contribution in [0.2, 0.25) is 0 Å². The van der Waals surface area contributed by atoms with Gasteiger partial charge in [0.25, 0.3) is 5.91 Å². The van der Waals surface area contributed by atoms with Gasteiger partial charge in [-0.2, -0.15) is 0 Å². The molecule has 4 rings (SSSR count). The van der Waals surface area contributed by atoms with Crippen LogP contribution in [0.5, 0.6) is 11.5 Å². The molecule has 1 amide bonds. The van der Waals surface area contributed by atoms with Crippen molar-refractivity contribution in [2.75, 3.05) is 26.1 Å². The fraction of sp³-hybridized carbons (Fsp3) is 0.269. The van der Waals surface area contributed by atoms with Gasteiger partial charge in [0.1, 0.15) is 17.5 Å². The Morgan fingerprint density at radius 1 is 1.09 bits per heavy atom. The summed E-state index contributed by atoms with van der Waals surface area (Å²) in [5.74, 6) is 1.08. The Kier molecular flexibility index (Phi) is 7.27. The second-order valence-corrected chi connectivity index (χ2v) is 8.02. The van der Waals surface area contributed by atoms with Crippen molar-refractivity contribution in [3.05, 3.63) is 84.1 Å². The number of carbonyl (C=O) groups excluding carboxylic acids is 1. The summed E-state index contributed by atoms with van der Waals surface area (Å²) in [6.07, 6.45) is 6.92. The molecule has 2 unspecified atom stereocenters. The molecule has 8 nitrogen and oxygen atoms in total. The summed E-state index contributed by atoms with van der Waals surface area (Å²) in [6.45, 7) is 0.635. The number of aromatic nitrogens is 2. The first-order valence-corrected chi connectivity index (χ1v) is 11.2. The lowest BCUT2D eigenvalue weighted by Gasteiger charge is -2.30. The van der Waals surface area contributed by atoms with Crippen LogP contribution < -0.4 is 20.5 Å². The van der Waals surface area contributed by atoms with E-state index in [0.29, 0.717) is 35.1 Å². The van der Waals surface area contributed by atoms with Crippen LogP contribution >= 0.6 is 0 Å². The minimum Gasteiger partial charge on any atom is -0.497 e. The van der Waals surface area contributed by atoms with Gasteiger partial charge in [0.05, 0.1) is 31.6 Å². The van der Waals surface area contributed by atoms with Gasteiger partial charge in [0.15, 0.2) is 0 Å². The van der Waals surface area contributed by atoms with Crippen molar-refractivity contribution in [2.24, 2.45) is 5.73 Å². The third-order valence-corrected chi connectivity index (χ3v) is 5.81. The summed E-state index contributed by atoms with van der Waals surface area (Å²) in [6, 6.07) is 15.8. The van der Waals surface area contributed by atoms with E-state index in [1.165, 1.54) is 0 Å². The van der Waals surface area contributed by atoms with Crippen LogP contribution in [0, 0.1) is 0 Å². The molecule has 8 heteroatoms. The predicted molar refractivity (Wildman–Crippen MR) is 131 cm³/mol. The van der Waals surface area contributed by atoms with E-state index in [-0.39, 0.29) is 11.9 Å². The molecule has 0 saturated carbocycles. The molecule has 176 valence electrons. The molecule has 34 heavy (non-hydrogen) atoms. The Labute approximate surface area is 199 Å². The third-order valence-electron chi connectivity index (χ3n) is 5.81. The zero-order valence-electron chi connectivity index (χ0n) is 19.3. The summed E-state index contributed by atoms with van der Waals surface area (Å²) >= 11 is 0. The monoisotopic (exact) mass is 459 g/mol. The van der Waals surface area contributed by atoms with Crippen molar-refractivity contribution < 1.29 is 14.3 Å². The van der Waals surface area contributed by atoms with Crippen LogP contribution in [0.1, 0.15) is 30.3 Å². The molecule has 3 aromatic rings. The number of amides is 1. The lowest BCUT2D eigenvalue weighted by molar-refractivity contribution is -0.132. The average Bonchev–Trinajstić information content (AvgIpc) is 3.38. The Morgan fingerprint density at radius 2 is 1.79 bits per heavy atom. The summed E-state index contributed by atoms with van der Waals surface area (Å²) in [5, 5.41) is 3.30. The Bertz CT molecular complexity index is 1120. The number of benzene rings is 1. The Morgan fingerprint density at radius 3 is 2.41 bits per heavy atom. The predicted octanol–water partition coefficient (Wildman–Crippen LogP) is 3.64. The van der Waals surface area contributed by atoms with E-state index < -0.39 is 6.04 Å². The van der Waals surface area contributed by atoms with Crippen molar-refractivity contribution in [2.45, 2.75) is 24.9 Å². The highest BCUT2D eigenvalue weighted by Gasteiger charge is 2.36. The number of likely N-dealkylation sites (tertiary alicyclic amines) is 1.